The van der Waals surface area contributed by atoms with E-state index in [1.165, 1.54) is 11.8 Å². The molecular weight excluding hydrogens is 369 g/mol. The molecule has 1 aliphatic carbocycles. The maximum atomic E-state index is 12.4. The molecule has 1 aromatic heterocycles. The average molecular weight is 386 g/mol. The van der Waals surface area contributed by atoms with Crippen LogP contribution in [0.4, 0.5) is 0 Å². The molecule has 5 nitrogen and oxygen atoms in total. The van der Waals surface area contributed by atoms with Gasteiger partial charge in [0.05, 0.1) is 11.3 Å². The number of carbonyl (C=O) groups is 1. The highest BCUT2D eigenvalue weighted by Gasteiger charge is 2.30. The summed E-state index contributed by atoms with van der Waals surface area (Å²) in [7, 11) is 0. The summed E-state index contributed by atoms with van der Waals surface area (Å²) in [6, 6.07) is 5.00. The predicted octanol–water partition coefficient (Wildman–Crippen LogP) is 4.61. The molecule has 3 rings (SSSR count). The molecule has 0 bridgehead atoms. The van der Waals surface area contributed by atoms with Crippen molar-refractivity contribution in [2.75, 3.05) is 0 Å². The fraction of sp³-hybridized carbons (Fsp3) is 0.438. The van der Waals surface area contributed by atoms with E-state index < -0.39 is 0 Å². The summed E-state index contributed by atoms with van der Waals surface area (Å²) in [5.41, 5.74) is 0.820. The molecule has 8 heteroatoms. The van der Waals surface area contributed by atoms with Gasteiger partial charge in [-0.15, -0.1) is 10.2 Å². The summed E-state index contributed by atoms with van der Waals surface area (Å²) in [6.07, 6.45) is 2.20. The van der Waals surface area contributed by atoms with Crippen molar-refractivity contribution < 1.29 is 9.21 Å². The van der Waals surface area contributed by atoms with Crippen molar-refractivity contribution in [3.63, 3.8) is 0 Å². The second-order valence-corrected chi connectivity index (χ2v) is 7.97. The summed E-state index contributed by atoms with van der Waals surface area (Å²) >= 11 is 13.3. The van der Waals surface area contributed by atoms with Crippen molar-refractivity contribution in [3.05, 3.63) is 39.7 Å². The van der Waals surface area contributed by atoms with E-state index in [9.17, 15) is 4.79 Å². The van der Waals surface area contributed by atoms with Gasteiger partial charge in [0.1, 0.15) is 0 Å². The molecule has 1 heterocycles. The summed E-state index contributed by atoms with van der Waals surface area (Å²) < 4.78 is 5.58. The number of thioether (sulfide) groups is 1. The SMILES string of the molecule is C[C@H](Sc1nnc(C2CC2)o1)C(=O)N[C@H](C)c1ccc(Cl)cc1Cl. The fourth-order valence-corrected chi connectivity index (χ4v) is 3.50. The first-order valence-corrected chi connectivity index (χ1v) is 9.33. The number of carbonyl (C=O) groups excluding carboxylic acids is 1. The third-order valence-corrected chi connectivity index (χ3v) is 5.28. The Morgan fingerprint density at radius 2 is 2.08 bits per heavy atom. The van der Waals surface area contributed by atoms with Crippen molar-refractivity contribution >= 4 is 40.9 Å². The molecule has 0 radical (unpaired) electrons. The first kappa shape index (κ1) is 17.6. The van der Waals surface area contributed by atoms with Crippen LogP contribution in [0.15, 0.2) is 27.8 Å². The Labute approximate surface area is 154 Å². The molecule has 1 amide bonds. The maximum Gasteiger partial charge on any atom is 0.277 e. The van der Waals surface area contributed by atoms with E-state index in [1.807, 2.05) is 13.0 Å². The number of hydrogen-bond donors (Lipinski definition) is 1. The summed E-state index contributed by atoms with van der Waals surface area (Å²) in [5, 5.41) is 12.1. The van der Waals surface area contributed by atoms with E-state index in [0.29, 0.717) is 27.1 Å². The third-order valence-electron chi connectivity index (χ3n) is 3.78. The Balaban J connectivity index is 1.58. The molecule has 1 saturated carbocycles. The molecule has 2 aromatic rings. The molecule has 1 fully saturated rings. The molecular formula is C16H17Cl2N3O2S. The Bertz CT molecular complexity index is 749. The largest absolute Gasteiger partial charge is 0.416 e. The van der Waals surface area contributed by atoms with E-state index in [-0.39, 0.29) is 17.2 Å². The molecule has 128 valence electrons. The number of nitrogens with one attached hydrogen (secondary N) is 1. The second-order valence-electron chi connectivity index (χ2n) is 5.84. The highest BCUT2D eigenvalue weighted by Crippen LogP contribution is 2.40. The Kier molecular flexibility index (Phi) is 5.37. The maximum absolute atomic E-state index is 12.4. The van der Waals surface area contributed by atoms with Crippen molar-refractivity contribution in [3.8, 4) is 0 Å². The van der Waals surface area contributed by atoms with Gasteiger partial charge >= 0.3 is 0 Å². The predicted molar refractivity (Wildman–Crippen MR) is 94.6 cm³/mol. The van der Waals surface area contributed by atoms with E-state index >= 15 is 0 Å². The van der Waals surface area contributed by atoms with Gasteiger partial charge in [-0.3, -0.25) is 4.79 Å². The lowest BCUT2D eigenvalue weighted by Crippen LogP contribution is -2.33. The third kappa shape index (κ3) is 4.23. The van der Waals surface area contributed by atoms with Crippen molar-refractivity contribution in [2.24, 2.45) is 0 Å². The summed E-state index contributed by atoms with van der Waals surface area (Å²) in [4.78, 5) is 12.4. The zero-order chi connectivity index (χ0) is 17.3. The van der Waals surface area contributed by atoms with E-state index in [1.54, 1.807) is 19.1 Å². The van der Waals surface area contributed by atoms with Gasteiger partial charge in [0.15, 0.2) is 0 Å². The van der Waals surface area contributed by atoms with Crippen LogP contribution >= 0.6 is 35.0 Å². The topological polar surface area (TPSA) is 68.0 Å². The molecule has 2 atom stereocenters. The van der Waals surface area contributed by atoms with Crippen molar-refractivity contribution in [2.45, 2.75) is 49.1 Å². The quantitative estimate of drug-likeness (QED) is 0.735. The number of nitrogens with zero attached hydrogens (tertiary/aromatic N) is 2. The molecule has 0 unspecified atom stereocenters. The minimum absolute atomic E-state index is 0.121. The lowest BCUT2D eigenvalue weighted by atomic mass is 10.1. The minimum atomic E-state index is -0.356. The number of amides is 1. The molecule has 0 spiro atoms. The Hall–Kier alpha value is -1.24. The van der Waals surface area contributed by atoms with Crippen LogP contribution in [-0.4, -0.2) is 21.4 Å². The van der Waals surface area contributed by atoms with Crippen LogP contribution in [0.2, 0.25) is 10.0 Å². The Morgan fingerprint density at radius 1 is 1.33 bits per heavy atom. The molecule has 1 aliphatic rings. The minimum Gasteiger partial charge on any atom is -0.416 e. The van der Waals surface area contributed by atoms with E-state index in [0.717, 1.165) is 18.4 Å². The zero-order valence-corrected chi connectivity index (χ0v) is 15.6. The van der Waals surface area contributed by atoms with Gasteiger partial charge in [-0.1, -0.05) is 41.0 Å². The highest BCUT2D eigenvalue weighted by atomic mass is 35.5. The molecule has 1 aromatic carbocycles. The number of hydrogen-bond acceptors (Lipinski definition) is 5. The van der Waals surface area contributed by atoms with Gasteiger partial charge in [0.2, 0.25) is 11.8 Å². The van der Waals surface area contributed by atoms with Crippen LogP contribution in [0, 0.1) is 0 Å². The normalized spacial score (nSPS) is 16.7. The lowest BCUT2D eigenvalue weighted by molar-refractivity contribution is -0.120. The molecule has 0 aliphatic heterocycles. The summed E-state index contributed by atoms with van der Waals surface area (Å²) in [5.74, 6) is 0.958. The van der Waals surface area contributed by atoms with Gasteiger partial charge < -0.3 is 9.73 Å². The van der Waals surface area contributed by atoms with Gasteiger partial charge in [0, 0.05) is 16.0 Å². The van der Waals surface area contributed by atoms with Crippen molar-refractivity contribution in [1.29, 1.82) is 0 Å². The van der Waals surface area contributed by atoms with Gasteiger partial charge in [0.25, 0.3) is 5.22 Å². The van der Waals surface area contributed by atoms with Crippen LogP contribution in [0.1, 0.15) is 50.1 Å². The zero-order valence-electron chi connectivity index (χ0n) is 13.3. The van der Waals surface area contributed by atoms with E-state index in [4.69, 9.17) is 27.6 Å². The van der Waals surface area contributed by atoms with Crippen LogP contribution in [-0.2, 0) is 4.79 Å². The highest BCUT2D eigenvalue weighted by molar-refractivity contribution is 8.00. The number of aromatic nitrogens is 2. The van der Waals surface area contributed by atoms with Crippen LogP contribution < -0.4 is 5.32 Å². The number of halogens is 2. The van der Waals surface area contributed by atoms with Gasteiger partial charge in [-0.05, 0) is 44.4 Å². The monoisotopic (exact) mass is 385 g/mol. The first-order valence-electron chi connectivity index (χ1n) is 7.69. The van der Waals surface area contributed by atoms with Crippen LogP contribution in [0.25, 0.3) is 0 Å². The van der Waals surface area contributed by atoms with Gasteiger partial charge in [-0.25, -0.2) is 0 Å². The van der Waals surface area contributed by atoms with Crippen LogP contribution in [0.3, 0.4) is 0 Å². The van der Waals surface area contributed by atoms with Gasteiger partial charge in [-0.2, -0.15) is 0 Å². The molecule has 0 saturated heterocycles. The lowest BCUT2D eigenvalue weighted by Gasteiger charge is -2.18. The first-order chi connectivity index (χ1) is 11.4. The van der Waals surface area contributed by atoms with E-state index in [2.05, 4.69) is 15.5 Å². The average Bonchev–Trinajstić information content (AvgIpc) is 3.27. The summed E-state index contributed by atoms with van der Waals surface area (Å²) in [6.45, 7) is 3.68. The standard InChI is InChI=1S/C16H17Cl2N3O2S/c1-8(12-6-5-11(17)7-13(12)18)19-14(22)9(2)24-16-21-20-15(23-16)10-3-4-10/h5-10H,3-4H2,1-2H3,(H,19,22)/t8-,9+/m1/s1. The molecule has 24 heavy (non-hydrogen) atoms. The Morgan fingerprint density at radius 3 is 2.75 bits per heavy atom. The molecule has 1 N–H and O–H groups in total. The fourth-order valence-electron chi connectivity index (χ4n) is 2.23. The van der Waals surface area contributed by atoms with Crippen LogP contribution in [0.5, 0.6) is 0 Å². The number of rotatable bonds is 6. The number of benzene rings is 1. The smallest absolute Gasteiger partial charge is 0.277 e. The van der Waals surface area contributed by atoms with Crippen molar-refractivity contribution in [1.82, 2.24) is 15.5 Å². The second kappa shape index (κ2) is 7.33.